The highest BCUT2D eigenvalue weighted by Gasteiger charge is 2.33. The van der Waals surface area contributed by atoms with Crippen molar-refractivity contribution >= 4 is 23.6 Å². The number of carbonyl (C=O) groups is 4. The molecule has 0 aliphatic heterocycles. The average Bonchev–Trinajstić information content (AvgIpc) is 3.38. The third kappa shape index (κ3) is 10.5. The number of aryl methyl sites for hydroxylation is 2. The van der Waals surface area contributed by atoms with E-state index in [0.29, 0.717) is 31.6 Å². The summed E-state index contributed by atoms with van der Waals surface area (Å²) in [7, 11) is 1.63. The number of carbonyl (C=O) groups excluding carboxylic acids is 4. The van der Waals surface area contributed by atoms with Crippen LogP contribution in [0.4, 0.5) is 0 Å². The van der Waals surface area contributed by atoms with Crippen LogP contribution in [0.1, 0.15) is 74.3 Å². The van der Waals surface area contributed by atoms with Crippen LogP contribution < -0.4 is 16.0 Å². The molecule has 0 radical (unpaired) electrons. The van der Waals surface area contributed by atoms with E-state index in [0.717, 1.165) is 11.1 Å². The van der Waals surface area contributed by atoms with Gasteiger partial charge in [0.1, 0.15) is 29.0 Å². The molecule has 0 unspecified atom stereocenters. The summed E-state index contributed by atoms with van der Waals surface area (Å²) in [4.78, 5) is 53.1. The van der Waals surface area contributed by atoms with Gasteiger partial charge in [-0.1, -0.05) is 54.9 Å². The van der Waals surface area contributed by atoms with Gasteiger partial charge in [0.15, 0.2) is 5.69 Å². The molecule has 2 aromatic rings. The van der Waals surface area contributed by atoms with Crippen molar-refractivity contribution in [1.29, 1.82) is 5.26 Å². The van der Waals surface area contributed by atoms with Gasteiger partial charge in [-0.15, -0.1) is 0 Å². The van der Waals surface area contributed by atoms with E-state index in [1.807, 2.05) is 51.1 Å². The number of hydrogen-bond donors (Lipinski definition) is 3. The highest BCUT2D eigenvalue weighted by molar-refractivity contribution is 5.99. The fraction of sp³-hybridized carbons (Fsp3) is 0.484. The molecule has 0 spiro atoms. The summed E-state index contributed by atoms with van der Waals surface area (Å²) in [6.07, 6.45) is 2.99. The van der Waals surface area contributed by atoms with Crippen molar-refractivity contribution in [2.45, 2.75) is 78.9 Å². The number of nitrogens with one attached hydrogen (secondary N) is 3. The first kappa shape index (κ1) is 33.7. The molecule has 0 bridgehead atoms. The number of amides is 4. The fourth-order valence-corrected chi connectivity index (χ4v) is 4.00. The summed E-state index contributed by atoms with van der Waals surface area (Å²) in [6, 6.07) is 10.3. The molecule has 4 amide bonds. The van der Waals surface area contributed by atoms with Gasteiger partial charge in [0.05, 0.1) is 0 Å². The first-order valence-corrected chi connectivity index (χ1v) is 14.0. The summed E-state index contributed by atoms with van der Waals surface area (Å²) < 4.78 is 4.94. The number of likely N-dealkylation sites (N-methyl/N-ethyl adjacent to an activating group) is 1. The Bertz CT molecular complexity index is 1320. The van der Waals surface area contributed by atoms with Gasteiger partial charge in [-0.3, -0.25) is 19.2 Å². The maximum Gasteiger partial charge on any atom is 0.274 e. The minimum atomic E-state index is -1.36. The van der Waals surface area contributed by atoms with Crippen LogP contribution in [0.2, 0.25) is 0 Å². The van der Waals surface area contributed by atoms with Crippen LogP contribution >= 0.6 is 0 Å². The molecule has 42 heavy (non-hydrogen) atoms. The number of nitrogens with zero attached hydrogens (tertiary/aromatic N) is 3. The highest BCUT2D eigenvalue weighted by atomic mass is 16.5. The molecule has 0 aliphatic rings. The Morgan fingerprint density at radius 2 is 1.79 bits per heavy atom. The van der Waals surface area contributed by atoms with Gasteiger partial charge >= 0.3 is 0 Å². The van der Waals surface area contributed by atoms with E-state index in [1.165, 1.54) is 24.8 Å². The maximum absolute atomic E-state index is 13.3. The summed E-state index contributed by atoms with van der Waals surface area (Å²) in [5.41, 5.74) is 0.797. The number of benzene rings is 1. The molecule has 0 fully saturated rings. The van der Waals surface area contributed by atoms with E-state index in [9.17, 15) is 24.4 Å². The molecule has 226 valence electrons. The molecule has 0 saturated heterocycles. The average molecular weight is 579 g/mol. The largest absolute Gasteiger partial charge is 0.361 e. The second-order valence-corrected chi connectivity index (χ2v) is 11.3. The van der Waals surface area contributed by atoms with Crippen LogP contribution in [0.25, 0.3) is 0 Å². The molecule has 1 aromatic carbocycles. The monoisotopic (exact) mass is 578 g/mol. The molecule has 11 nitrogen and oxygen atoms in total. The smallest absolute Gasteiger partial charge is 0.274 e. The van der Waals surface area contributed by atoms with E-state index in [2.05, 4.69) is 21.1 Å². The number of hydrogen-bond acceptors (Lipinski definition) is 7. The Morgan fingerprint density at radius 1 is 1.12 bits per heavy atom. The quantitative estimate of drug-likeness (QED) is 0.176. The van der Waals surface area contributed by atoms with Crippen LogP contribution in [0.3, 0.4) is 0 Å². The van der Waals surface area contributed by atoms with Crippen molar-refractivity contribution in [2.24, 2.45) is 5.92 Å². The molecule has 1 heterocycles. The SMILES string of the molecule is Cc1ccc(CNC(=O)[C@H](CCCCN(C)C(=O)C(C#N)=CC(C)C)NC(=O)C(C)(C)NC(=O)c2cc(C)on2)cc1. The number of allylic oxidation sites excluding steroid dienone is 1. The van der Waals surface area contributed by atoms with Gasteiger partial charge in [-0.2, -0.15) is 5.26 Å². The maximum atomic E-state index is 13.3. The lowest BCUT2D eigenvalue weighted by molar-refractivity contribution is -0.132. The van der Waals surface area contributed by atoms with E-state index in [1.54, 1.807) is 20.0 Å². The lowest BCUT2D eigenvalue weighted by atomic mass is 10.0. The van der Waals surface area contributed by atoms with Crippen LogP contribution in [0, 0.1) is 31.1 Å². The van der Waals surface area contributed by atoms with Gasteiger partial charge in [0, 0.05) is 26.2 Å². The van der Waals surface area contributed by atoms with Gasteiger partial charge in [0.2, 0.25) is 11.8 Å². The van der Waals surface area contributed by atoms with Crippen molar-refractivity contribution in [3.05, 3.63) is 64.6 Å². The molecule has 2 rings (SSSR count). The third-order valence-electron chi connectivity index (χ3n) is 6.50. The zero-order valence-electron chi connectivity index (χ0n) is 25.5. The van der Waals surface area contributed by atoms with Crippen LogP contribution in [0.5, 0.6) is 0 Å². The molecular formula is C31H42N6O5. The third-order valence-corrected chi connectivity index (χ3v) is 6.50. The normalized spacial score (nSPS) is 12.3. The fourth-order valence-electron chi connectivity index (χ4n) is 4.00. The molecule has 1 atom stereocenters. The zero-order chi connectivity index (χ0) is 31.4. The molecule has 3 N–H and O–H groups in total. The van der Waals surface area contributed by atoms with Gasteiger partial charge in [-0.25, -0.2) is 0 Å². The Labute approximate surface area is 247 Å². The Kier molecular flexibility index (Phi) is 12.5. The van der Waals surface area contributed by atoms with E-state index in [4.69, 9.17) is 4.52 Å². The van der Waals surface area contributed by atoms with Crippen molar-refractivity contribution < 1.29 is 23.7 Å². The van der Waals surface area contributed by atoms with Crippen LogP contribution in [0.15, 0.2) is 46.5 Å². The van der Waals surface area contributed by atoms with Crippen molar-refractivity contribution in [3.63, 3.8) is 0 Å². The second-order valence-electron chi connectivity index (χ2n) is 11.3. The lowest BCUT2D eigenvalue weighted by Gasteiger charge is -2.28. The standard InChI is InChI=1S/C31H42N6O5/c1-20(2)16-24(18-32)29(40)37(7)15-9-8-10-25(27(38)33-19-23-13-11-21(3)12-14-23)34-30(41)31(5,6)35-28(39)26-17-22(4)42-36-26/h11-14,16-17,20,25H,8-10,15,19H2,1-7H3,(H,33,38)(H,34,41)(H,35,39)/t25-/m0/s1. The number of rotatable bonds is 14. The molecule has 0 aliphatic carbocycles. The first-order chi connectivity index (χ1) is 19.7. The Hall–Kier alpha value is -4.46. The summed E-state index contributed by atoms with van der Waals surface area (Å²) >= 11 is 0. The zero-order valence-corrected chi connectivity index (χ0v) is 25.5. The predicted molar refractivity (Wildman–Crippen MR) is 158 cm³/mol. The molecule has 0 saturated carbocycles. The van der Waals surface area contributed by atoms with Gasteiger partial charge in [0.25, 0.3) is 11.8 Å². The summed E-state index contributed by atoms with van der Waals surface area (Å²) in [6.45, 7) is 11.1. The number of aromatic nitrogens is 1. The topological polar surface area (TPSA) is 157 Å². The first-order valence-electron chi connectivity index (χ1n) is 14.0. The van der Waals surface area contributed by atoms with Crippen LogP contribution in [-0.2, 0) is 20.9 Å². The van der Waals surface area contributed by atoms with Crippen molar-refractivity contribution in [1.82, 2.24) is 26.0 Å². The lowest BCUT2D eigenvalue weighted by Crippen LogP contribution is -2.59. The van der Waals surface area contributed by atoms with E-state index >= 15 is 0 Å². The van der Waals surface area contributed by atoms with Crippen molar-refractivity contribution in [2.75, 3.05) is 13.6 Å². The van der Waals surface area contributed by atoms with Gasteiger partial charge in [-0.05, 0) is 58.4 Å². The highest BCUT2D eigenvalue weighted by Crippen LogP contribution is 2.12. The molecular weight excluding hydrogens is 536 g/mol. The second kappa shape index (κ2) is 15.5. The Morgan fingerprint density at radius 3 is 2.36 bits per heavy atom. The van der Waals surface area contributed by atoms with Crippen molar-refractivity contribution in [3.8, 4) is 6.07 Å². The number of nitriles is 1. The van der Waals surface area contributed by atoms with Crippen LogP contribution in [-0.4, -0.2) is 58.9 Å². The Balaban J connectivity index is 2.06. The minimum Gasteiger partial charge on any atom is -0.361 e. The summed E-state index contributed by atoms with van der Waals surface area (Å²) in [5, 5.41) is 21.3. The van der Waals surface area contributed by atoms with E-state index in [-0.39, 0.29) is 35.5 Å². The predicted octanol–water partition coefficient (Wildman–Crippen LogP) is 3.34. The van der Waals surface area contributed by atoms with Gasteiger partial charge < -0.3 is 25.4 Å². The number of unbranched alkanes of at least 4 members (excludes halogenated alkanes) is 1. The molecule has 1 aromatic heterocycles. The summed E-state index contributed by atoms with van der Waals surface area (Å²) in [5.74, 6) is -1.32. The minimum absolute atomic E-state index is 0.0437. The molecule has 11 heteroatoms. The van der Waals surface area contributed by atoms with E-state index < -0.39 is 23.4 Å².